The van der Waals surface area contributed by atoms with Crippen molar-refractivity contribution in [2.75, 3.05) is 32.8 Å². The van der Waals surface area contributed by atoms with Gasteiger partial charge in [0.25, 0.3) is 0 Å². The molecule has 10 nitrogen and oxygen atoms in total. The summed E-state index contributed by atoms with van der Waals surface area (Å²) in [6, 6.07) is 0. The maximum absolute atomic E-state index is 12.4. The van der Waals surface area contributed by atoms with Crippen LogP contribution in [0.3, 0.4) is 0 Å². The zero-order chi connectivity index (χ0) is 24.8. The number of carboxylic acids is 2. The summed E-state index contributed by atoms with van der Waals surface area (Å²) in [7, 11) is 0. The summed E-state index contributed by atoms with van der Waals surface area (Å²) in [6.07, 6.45) is 0. The van der Waals surface area contributed by atoms with E-state index in [0.717, 1.165) is 0 Å². The van der Waals surface area contributed by atoms with Crippen LogP contribution >= 0.6 is 47.0 Å². The van der Waals surface area contributed by atoms with E-state index >= 15 is 0 Å². The Balaban J connectivity index is 1.56. The van der Waals surface area contributed by atoms with Gasteiger partial charge in [-0.25, -0.2) is 0 Å². The first-order valence-corrected chi connectivity index (χ1v) is 14.0. The van der Waals surface area contributed by atoms with Crippen LogP contribution < -0.4 is 21.3 Å². The van der Waals surface area contributed by atoms with E-state index in [-0.39, 0.29) is 20.0 Å². The van der Waals surface area contributed by atoms with Crippen molar-refractivity contribution < 1.29 is 29.4 Å². The molecule has 0 bridgehead atoms. The molecule has 33 heavy (non-hydrogen) atoms. The molecule has 0 aromatic heterocycles. The molecule has 0 aliphatic carbocycles. The maximum Gasteiger partial charge on any atom is 0.318 e. The van der Waals surface area contributed by atoms with Crippen molar-refractivity contribution in [3.05, 3.63) is 0 Å². The number of hydrogen-bond acceptors (Lipinski definition) is 10. The topological polar surface area (TPSA) is 157 Å². The second-order valence-electron chi connectivity index (χ2n) is 8.39. The van der Waals surface area contributed by atoms with Gasteiger partial charge in [0.05, 0.1) is 8.16 Å². The van der Waals surface area contributed by atoms with Crippen LogP contribution in [0.1, 0.15) is 27.7 Å². The third kappa shape index (κ3) is 8.73. The molecule has 0 spiro atoms. The number of carbonyl (C=O) groups is 4. The van der Waals surface area contributed by atoms with E-state index in [1.807, 2.05) is 27.7 Å². The lowest BCUT2D eigenvalue weighted by atomic mass is 10.3. The summed E-state index contributed by atoms with van der Waals surface area (Å²) in [4.78, 5) is 47.6. The summed E-state index contributed by atoms with van der Waals surface area (Å²) < 4.78 is -0.634. The molecule has 4 atom stereocenters. The van der Waals surface area contributed by atoms with Gasteiger partial charge in [-0.05, 0) is 27.7 Å². The van der Waals surface area contributed by atoms with E-state index in [0.29, 0.717) is 32.8 Å². The van der Waals surface area contributed by atoms with Crippen molar-refractivity contribution in [3.8, 4) is 0 Å². The van der Waals surface area contributed by atoms with Crippen molar-refractivity contribution in [1.29, 1.82) is 0 Å². The highest BCUT2D eigenvalue weighted by molar-refractivity contribution is 8.23. The largest absolute Gasteiger partial charge is 0.480 e. The SMILES string of the molecule is CC1(C)SC(C(=O)O)C(C(=O)NCCNCNCCNC(=O)C2SC(C)(C)SC2C(=O)O)S1. The number of hydrogen-bond donors (Lipinski definition) is 6. The maximum atomic E-state index is 12.4. The second kappa shape index (κ2) is 12.2. The normalized spacial score (nSPS) is 27.8. The quantitative estimate of drug-likeness (QED) is 0.150. The van der Waals surface area contributed by atoms with E-state index in [4.69, 9.17) is 0 Å². The molecule has 188 valence electrons. The van der Waals surface area contributed by atoms with Gasteiger partial charge in [-0.1, -0.05) is 0 Å². The average Bonchev–Trinajstić information content (AvgIpc) is 3.22. The van der Waals surface area contributed by atoms with Crippen LogP contribution in [0.25, 0.3) is 0 Å². The molecule has 0 aromatic rings. The first-order valence-electron chi connectivity index (χ1n) is 10.5. The summed E-state index contributed by atoms with van der Waals surface area (Å²) in [5.41, 5.74) is 0. The van der Waals surface area contributed by atoms with Crippen molar-refractivity contribution in [2.45, 2.75) is 56.9 Å². The monoisotopic (exact) mass is 540 g/mol. The average molecular weight is 541 g/mol. The lowest BCUT2D eigenvalue weighted by Crippen LogP contribution is -2.44. The fourth-order valence-corrected chi connectivity index (χ4v) is 9.64. The third-order valence-corrected chi connectivity index (χ3v) is 11.4. The van der Waals surface area contributed by atoms with E-state index in [9.17, 15) is 29.4 Å². The molecule has 2 rings (SSSR count). The number of carbonyl (C=O) groups excluding carboxylic acids is 2. The molecule has 2 aliphatic heterocycles. The van der Waals surface area contributed by atoms with Crippen LogP contribution in [0.2, 0.25) is 0 Å². The van der Waals surface area contributed by atoms with Gasteiger partial charge < -0.3 is 31.5 Å². The predicted molar refractivity (Wildman–Crippen MR) is 136 cm³/mol. The molecule has 4 unspecified atom stereocenters. The summed E-state index contributed by atoms with van der Waals surface area (Å²) in [6.45, 7) is 9.86. The molecule has 0 saturated carbocycles. The van der Waals surface area contributed by atoms with Crippen LogP contribution in [-0.4, -0.2) is 96.0 Å². The highest BCUT2D eigenvalue weighted by Crippen LogP contribution is 2.52. The molecule has 0 aromatic carbocycles. The molecular weight excluding hydrogens is 508 g/mol. The Hall–Kier alpha value is -0.800. The Labute approximate surface area is 210 Å². The number of aliphatic carboxylic acids is 2. The zero-order valence-corrected chi connectivity index (χ0v) is 22.3. The van der Waals surface area contributed by atoms with Gasteiger partial charge in [-0.15, -0.1) is 47.0 Å². The number of rotatable bonds is 12. The molecule has 2 heterocycles. The Morgan fingerprint density at radius 1 is 0.636 bits per heavy atom. The Morgan fingerprint density at radius 3 is 1.30 bits per heavy atom. The van der Waals surface area contributed by atoms with Crippen molar-refractivity contribution in [1.82, 2.24) is 21.3 Å². The predicted octanol–water partition coefficient (Wildman–Crippen LogP) is 0.431. The van der Waals surface area contributed by atoms with Crippen molar-refractivity contribution >= 4 is 70.8 Å². The highest BCUT2D eigenvalue weighted by atomic mass is 32.2. The smallest absolute Gasteiger partial charge is 0.318 e. The highest BCUT2D eigenvalue weighted by Gasteiger charge is 2.49. The Kier molecular flexibility index (Phi) is 10.6. The van der Waals surface area contributed by atoms with Gasteiger partial charge in [0, 0.05) is 32.8 Å². The lowest BCUT2D eigenvalue weighted by Gasteiger charge is -2.16. The van der Waals surface area contributed by atoms with Crippen LogP contribution in [0.5, 0.6) is 0 Å². The van der Waals surface area contributed by atoms with Gasteiger partial charge in [-0.2, -0.15) is 0 Å². The van der Waals surface area contributed by atoms with Gasteiger partial charge in [0.2, 0.25) is 11.8 Å². The molecule has 0 radical (unpaired) electrons. The molecule has 2 aliphatic rings. The molecule has 2 amide bonds. The molecule has 6 N–H and O–H groups in total. The third-order valence-electron chi connectivity index (χ3n) is 4.65. The Morgan fingerprint density at radius 2 is 0.970 bits per heavy atom. The lowest BCUT2D eigenvalue weighted by molar-refractivity contribution is -0.138. The number of carboxylic acid groups (broad SMARTS) is 2. The van der Waals surface area contributed by atoms with Gasteiger partial charge in [0.1, 0.15) is 21.0 Å². The van der Waals surface area contributed by atoms with Gasteiger partial charge in [0.15, 0.2) is 0 Å². The first-order chi connectivity index (χ1) is 15.3. The zero-order valence-electron chi connectivity index (χ0n) is 19.0. The minimum absolute atomic E-state index is 0.270. The van der Waals surface area contributed by atoms with Crippen LogP contribution in [-0.2, 0) is 19.2 Å². The minimum Gasteiger partial charge on any atom is -0.480 e. The molecule has 2 fully saturated rings. The number of nitrogens with one attached hydrogen (secondary N) is 4. The fraction of sp³-hybridized carbons (Fsp3) is 0.789. The Bertz CT molecular complexity index is 694. The van der Waals surface area contributed by atoms with Crippen molar-refractivity contribution in [3.63, 3.8) is 0 Å². The van der Waals surface area contributed by atoms with E-state index in [1.54, 1.807) is 0 Å². The van der Waals surface area contributed by atoms with E-state index < -0.39 is 32.9 Å². The first kappa shape index (κ1) is 28.4. The van der Waals surface area contributed by atoms with E-state index in [1.165, 1.54) is 47.0 Å². The summed E-state index contributed by atoms with van der Waals surface area (Å²) in [5.74, 6) is -2.48. The van der Waals surface area contributed by atoms with Gasteiger partial charge in [-0.3, -0.25) is 19.2 Å². The number of thioether (sulfide) groups is 4. The van der Waals surface area contributed by atoms with Crippen LogP contribution in [0.4, 0.5) is 0 Å². The van der Waals surface area contributed by atoms with Gasteiger partial charge >= 0.3 is 11.9 Å². The second-order valence-corrected chi connectivity index (χ2v) is 16.0. The minimum atomic E-state index is -0.972. The number of amides is 2. The summed E-state index contributed by atoms with van der Waals surface area (Å²) in [5, 5.41) is 27.7. The van der Waals surface area contributed by atoms with E-state index in [2.05, 4.69) is 21.3 Å². The summed E-state index contributed by atoms with van der Waals surface area (Å²) >= 11 is 5.33. The fourth-order valence-electron chi connectivity index (χ4n) is 3.28. The molecule has 2 saturated heterocycles. The molecule has 14 heteroatoms. The van der Waals surface area contributed by atoms with Crippen LogP contribution in [0, 0.1) is 0 Å². The standard InChI is InChI=1S/C19H32N4O6S4/c1-18(2)30-10(12(32-18)16(26)27)14(24)22-7-5-20-9-21-6-8-23-15(25)11-13(17(28)29)33-19(3,4)31-11/h10-13,20-21H,5-9H2,1-4H3,(H,22,24)(H,23,25)(H,26,27)(H,28,29). The van der Waals surface area contributed by atoms with Crippen molar-refractivity contribution in [2.24, 2.45) is 0 Å². The van der Waals surface area contributed by atoms with Crippen LogP contribution in [0.15, 0.2) is 0 Å². The molecular formula is C19H32N4O6S4.